The summed E-state index contributed by atoms with van der Waals surface area (Å²) in [5.74, 6) is 0.308. The molecule has 0 saturated carbocycles. The van der Waals surface area contributed by atoms with Gasteiger partial charge in [-0.1, -0.05) is 188 Å². The van der Waals surface area contributed by atoms with Gasteiger partial charge < -0.3 is 18.8 Å². The van der Waals surface area contributed by atoms with E-state index in [-0.39, 0.29) is 0 Å². The maximum Gasteiger partial charge on any atom is 0.135 e. The minimum atomic E-state index is 0.308. The predicted octanol–water partition coefficient (Wildman–Crippen LogP) is 19.9. The Morgan fingerprint density at radius 3 is 1.29 bits per heavy atom. The number of nitrogens with zero attached hydrogens (tertiary/aromatic N) is 3. The van der Waals surface area contributed by atoms with Crippen molar-refractivity contribution in [2.24, 2.45) is 0 Å². The number of hydrogen-bond acceptors (Lipinski definition) is 3. The van der Waals surface area contributed by atoms with E-state index in [1.165, 1.54) is 38.9 Å². The minimum Gasteiger partial charge on any atom is -0.456 e. The second kappa shape index (κ2) is 19.2. The second-order valence-electron chi connectivity index (χ2n) is 19.7. The highest BCUT2D eigenvalue weighted by Crippen LogP contribution is 2.44. The van der Waals surface area contributed by atoms with Crippen molar-refractivity contribution in [2.75, 3.05) is 9.80 Å². The SMILES string of the molecule is C1=CC(c2ccccc2)CC=C1N(c1ccc(-c2ccccc2)cc1)c1ccc2c(c1)c1cc(N(c3ccc(-c4ccccc4)cc3)c3ccc(-c4ccccc4)cc3)ccc1n2-c1ccc2oc3ccccc3c2c1. The number of furan rings is 1. The molecule has 1 aliphatic carbocycles. The Morgan fingerprint density at radius 2 is 0.776 bits per heavy atom. The van der Waals surface area contributed by atoms with E-state index in [4.69, 9.17) is 4.42 Å². The molecule has 4 nitrogen and oxygen atoms in total. The zero-order valence-electron chi connectivity index (χ0n) is 41.7. The summed E-state index contributed by atoms with van der Waals surface area (Å²) in [4.78, 5) is 4.82. The van der Waals surface area contributed by atoms with Gasteiger partial charge in [0.2, 0.25) is 0 Å². The van der Waals surface area contributed by atoms with Gasteiger partial charge in [-0.25, -0.2) is 0 Å². The fraction of sp³-hybridized carbons (Fsp3) is 0.0278. The van der Waals surface area contributed by atoms with Crippen LogP contribution in [0.15, 0.2) is 301 Å². The van der Waals surface area contributed by atoms with E-state index in [0.717, 1.165) is 90.0 Å². The molecule has 1 atom stereocenters. The smallest absolute Gasteiger partial charge is 0.135 e. The summed E-state index contributed by atoms with van der Waals surface area (Å²) >= 11 is 0. The Morgan fingerprint density at radius 1 is 0.342 bits per heavy atom. The lowest BCUT2D eigenvalue weighted by Gasteiger charge is -2.29. The molecule has 11 aromatic carbocycles. The van der Waals surface area contributed by atoms with E-state index in [1.54, 1.807) is 0 Å². The highest BCUT2D eigenvalue weighted by atomic mass is 16.3. The van der Waals surface area contributed by atoms with Crippen LogP contribution in [0.25, 0.3) is 82.8 Å². The van der Waals surface area contributed by atoms with E-state index in [1.807, 2.05) is 6.07 Å². The monoisotopic (exact) mass is 973 g/mol. The lowest BCUT2D eigenvalue weighted by atomic mass is 9.91. The number of rotatable bonds is 11. The molecule has 13 aromatic rings. The Balaban J connectivity index is 0.959. The van der Waals surface area contributed by atoms with E-state index in [0.29, 0.717) is 5.92 Å². The number of anilines is 5. The Bertz CT molecular complexity index is 4190. The summed E-state index contributed by atoms with van der Waals surface area (Å²) in [6.45, 7) is 0. The average Bonchev–Trinajstić information content (AvgIpc) is 4.07. The van der Waals surface area contributed by atoms with E-state index in [2.05, 4.69) is 300 Å². The molecule has 0 spiro atoms. The first-order valence-electron chi connectivity index (χ1n) is 26.2. The molecule has 4 heteroatoms. The summed E-state index contributed by atoms with van der Waals surface area (Å²) < 4.78 is 8.79. The molecule has 0 aliphatic heterocycles. The van der Waals surface area contributed by atoms with Crippen molar-refractivity contribution >= 4 is 72.2 Å². The van der Waals surface area contributed by atoms with Crippen molar-refractivity contribution in [3.63, 3.8) is 0 Å². The van der Waals surface area contributed by atoms with Crippen LogP contribution in [0.2, 0.25) is 0 Å². The van der Waals surface area contributed by atoms with Gasteiger partial charge in [-0.05, 0) is 149 Å². The quantitative estimate of drug-likeness (QED) is 0.129. The van der Waals surface area contributed by atoms with Crippen molar-refractivity contribution in [3.8, 4) is 39.1 Å². The third-order valence-electron chi connectivity index (χ3n) is 15.1. The molecule has 2 heterocycles. The molecule has 360 valence electrons. The average molecular weight is 974 g/mol. The van der Waals surface area contributed by atoms with Crippen molar-refractivity contribution in [1.82, 2.24) is 4.57 Å². The van der Waals surface area contributed by atoms with Gasteiger partial charge in [0.25, 0.3) is 0 Å². The van der Waals surface area contributed by atoms with Gasteiger partial charge in [0.05, 0.1) is 11.0 Å². The molecule has 14 rings (SSSR count). The van der Waals surface area contributed by atoms with Crippen LogP contribution in [-0.4, -0.2) is 4.57 Å². The number of allylic oxidation sites excluding steroid dienone is 3. The number of para-hydroxylation sites is 1. The van der Waals surface area contributed by atoms with Crippen molar-refractivity contribution < 1.29 is 4.42 Å². The van der Waals surface area contributed by atoms with Gasteiger partial charge in [-0.15, -0.1) is 0 Å². The van der Waals surface area contributed by atoms with Gasteiger partial charge in [0, 0.05) is 67.3 Å². The van der Waals surface area contributed by atoms with Crippen LogP contribution < -0.4 is 9.80 Å². The third-order valence-corrected chi connectivity index (χ3v) is 15.1. The lowest BCUT2D eigenvalue weighted by Crippen LogP contribution is -2.17. The van der Waals surface area contributed by atoms with Gasteiger partial charge in [0.1, 0.15) is 11.2 Å². The van der Waals surface area contributed by atoms with Crippen LogP contribution in [0.5, 0.6) is 0 Å². The number of benzene rings is 11. The standard InChI is InChI=1S/C72H51N3O/c1-5-15-50(16-6-1)54-25-33-58(34-26-54)73(59-35-27-55(28-36-59)51-17-7-2-8-18-51)62-41-44-69-66(47-62)67-48-63(42-45-70(67)75(69)64-43-46-72-68(49-64)65-23-13-14-24-71(65)76-72)74(60-37-29-56(30-38-60)52-19-9-3-10-20-52)61-39-31-57(32-40-61)53-21-11-4-12-22-53/h1-31,33-49,57H,32H2. The first kappa shape index (κ1) is 44.8. The molecule has 0 amide bonds. The number of aromatic nitrogens is 1. The normalized spacial score (nSPS) is 13.4. The Kier molecular flexibility index (Phi) is 11.3. The molecule has 76 heavy (non-hydrogen) atoms. The van der Waals surface area contributed by atoms with Crippen LogP contribution in [0.1, 0.15) is 17.9 Å². The topological polar surface area (TPSA) is 24.6 Å². The fourth-order valence-electron chi connectivity index (χ4n) is 11.3. The van der Waals surface area contributed by atoms with Crippen LogP contribution in [-0.2, 0) is 0 Å². The molecule has 1 unspecified atom stereocenters. The summed E-state index contributed by atoms with van der Waals surface area (Å²) in [6, 6.07) is 98.6. The molecular weight excluding hydrogens is 923 g/mol. The summed E-state index contributed by atoms with van der Waals surface area (Å²) in [7, 11) is 0. The largest absolute Gasteiger partial charge is 0.456 e. The van der Waals surface area contributed by atoms with Crippen LogP contribution >= 0.6 is 0 Å². The molecule has 0 N–H and O–H groups in total. The number of fused-ring (bicyclic) bond motifs is 6. The van der Waals surface area contributed by atoms with Crippen molar-refractivity contribution in [1.29, 1.82) is 0 Å². The summed E-state index contributed by atoms with van der Waals surface area (Å²) in [5, 5.41) is 4.50. The van der Waals surface area contributed by atoms with Gasteiger partial charge >= 0.3 is 0 Å². The number of hydrogen-bond donors (Lipinski definition) is 0. The minimum absolute atomic E-state index is 0.308. The molecule has 1 aliphatic rings. The van der Waals surface area contributed by atoms with Crippen LogP contribution in [0.3, 0.4) is 0 Å². The lowest BCUT2D eigenvalue weighted by molar-refractivity contribution is 0.669. The summed E-state index contributed by atoms with van der Waals surface area (Å²) in [5.41, 5.74) is 20.0. The fourth-order valence-corrected chi connectivity index (χ4v) is 11.3. The second-order valence-corrected chi connectivity index (χ2v) is 19.7. The predicted molar refractivity (Wildman–Crippen MR) is 319 cm³/mol. The summed E-state index contributed by atoms with van der Waals surface area (Å²) in [6.07, 6.45) is 7.99. The maximum atomic E-state index is 6.37. The van der Waals surface area contributed by atoms with E-state index in [9.17, 15) is 0 Å². The molecule has 0 radical (unpaired) electrons. The molecule has 0 bridgehead atoms. The molecular formula is C72H51N3O. The zero-order valence-corrected chi connectivity index (χ0v) is 41.7. The Labute approximate surface area is 442 Å². The van der Waals surface area contributed by atoms with Crippen molar-refractivity contribution in [3.05, 3.63) is 302 Å². The van der Waals surface area contributed by atoms with Crippen LogP contribution in [0.4, 0.5) is 28.4 Å². The van der Waals surface area contributed by atoms with Crippen molar-refractivity contribution in [2.45, 2.75) is 12.3 Å². The van der Waals surface area contributed by atoms with Gasteiger partial charge in [0.15, 0.2) is 0 Å². The zero-order chi connectivity index (χ0) is 50.4. The third kappa shape index (κ3) is 8.23. The first-order valence-corrected chi connectivity index (χ1v) is 26.2. The van der Waals surface area contributed by atoms with Gasteiger partial charge in [-0.2, -0.15) is 0 Å². The Hall–Kier alpha value is -9.90. The van der Waals surface area contributed by atoms with Crippen LogP contribution in [0, 0.1) is 0 Å². The van der Waals surface area contributed by atoms with E-state index >= 15 is 0 Å². The molecule has 2 aromatic heterocycles. The molecule has 0 fully saturated rings. The maximum absolute atomic E-state index is 6.37. The van der Waals surface area contributed by atoms with Gasteiger partial charge in [-0.3, -0.25) is 0 Å². The first-order chi connectivity index (χ1) is 37.7. The highest BCUT2D eigenvalue weighted by molar-refractivity contribution is 6.13. The highest BCUT2D eigenvalue weighted by Gasteiger charge is 2.23. The van der Waals surface area contributed by atoms with E-state index < -0.39 is 0 Å². The molecule has 0 saturated heterocycles.